The topological polar surface area (TPSA) is 125 Å². The van der Waals surface area contributed by atoms with E-state index in [0.717, 1.165) is 47.4 Å². The fraction of sp³-hybridized carbons (Fsp3) is 0.606. The molecule has 0 bridgehead atoms. The largest absolute Gasteiger partial charge is 0.465 e. The van der Waals surface area contributed by atoms with Crippen molar-refractivity contribution >= 4 is 22.1 Å². The van der Waals surface area contributed by atoms with Crippen LogP contribution in [0.3, 0.4) is 0 Å². The summed E-state index contributed by atoms with van der Waals surface area (Å²) >= 11 is 0. The summed E-state index contributed by atoms with van der Waals surface area (Å²) in [7, 11) is -3.92. The molecule has 0 unspecified atom stereocenters. The van der Waals surface area contributed by atoms with Gasteiger partial charge in [-0.1, -0.05) is 36.4 Å². The molecule has 1 aromatic heterocycles. The van der Waals surface area contributed by atoms with Crippen LogP contribution in [0.25, 0.3) is 0 Å². The maximum atomic E-state index is 13.2. The zero-order valence-corrected chi connectivity index (χ0v) is 27.8. The van der Waals surface area contributed by atoms with E-state index < -0.39 is 33.7 Å². The average molecular weight is 646 g/mol. The predicted molar refractivity (Wildman–Crippen MR) is 169 cm³/mol. The van der Waals surface area contributed by atoms with Crippen LogP contribution in [0, 0.1) is 0 Å². The second-order valence-electron chi connectivity index (χ2n) is 12.7. The molecule has 2 heterocycles. The highest BCUT2D eigenvalue weighted by Gasteiger charge is 2.45. The summed E-state index contributed by atoms with van der Waals surface area (Å²) < 4.78 is 49.7. The molecule has 1 saturated heterocycles. The van der Waals surface area contributed by atoms with E-state index in [1.54, 1.807) is 33.9 Å². The summed E-state index contributed by atoms with van der Waals surface area (Å²) in [6.07, 6.45) is 5.60. The smallest absolute Gasteiger partial charge is 0.424 e. The first kappa shape index (κ1) is 34.6. The number of esters is 1. The number of rotatable bonds is 12. The number of pyridine rings is 1. The Morgan fingerprint density at radius 2 is 1.73 bits per heavy atom. The number of nitrogens with zero attached hydrogens (tertiary/aromatic N) is 3. The number of hydrogen-bond donors (Lipinski definition) is 0. The minimum atomic E-state index is -3.92. The van der Waals surface area contributed by atoms with Gasteiger partial charge in [0.05, 0.1) is 37.7 Å². The molecule has 1 aromatic carbocycles. The van der Waals surface area contributed by atoms with Crippen LogP contribution in [0.15, 0.2) is 48.7 Å². The van der Waals surface area contributed by atoms with Crippen LogP contribution >= 0.6 is 0 Å². The monoisotopic (exact) mass is 645 g/mol. The molecule has 0 spiro atoms. The number of benzene rings is 1. The molecule has 0 radical (unpaired) electrons. The van der Waals surface area contributed by atoms with Gasteiger partial charge in [0.15, 0.2) is 6.61 Å². The van der Waals surface area contributed by atoms with Crippen LogP contribution in [0.1, 0.15) is 76.8 Å². The van der Waals surface area contributed by atoms with Gasteiger partial charge in [-0.05, 0) is 77.3 Å². The van der Waals surface area contributed by atoms with Crippen LogP contribution in [0.2, 0.25) is 0 Å². The number of carbonyl (C=O) groups is 2. The van der Waals surface area contributed by atoms with Crippen molar-refractivity contribution in [3.63, 3.8) is 0 Å². The third kappa shape index (κ3) is 9.88. The lowest BCUT2D eigenvalue weighted by atomic mass is 9.83. The Kier molecular flexibility index (Phi) is 11.8. The molecule has 2 aromatic rings. The van der Waals surface area contributed by atoms with E-state index in [-0.39, 0.29) is 31.3 Å². The van der Waals surface area contributed by atoms with E-state index in [4.69, 9.17) is 18.9 Å². The number of carbonyl (C=O) groups excluding carboxylic acids is 2. The molecular weight excluding hydrogens is 598 g/mol. The SMILES string of the molecule is CCOC(=O)COc1ncccc1[C@H]1CC[C@@H](OC[C@H]2[C@@H](N(C(=O)OC(C)(C)C)S(C)(=O)=O)CCN2Cc2ccccc2)CC1. The Hall–Kier alpha value is -3.22. The second-order valence-corrected chi connectivity index (χ2v) is 14.6. The van der Waals surface area contributed by atoms with Crippen molar-refractivity contribution in [1.82, 2.24) is 14.2 Å². The Morgan fingerprint density at radius 1 is 1.02 bits per heavy atom. The summed E-state index contributed by atoms with van der Waals surface area (Å²) in [5, 5.41) is 0. The molecule has 2 aliphatic rings. The summed E-state index contributed by atoms with van der Waals surface area (Å²) in [5.74, 6) is 0.222. The van der Waals surface area contributed by atoms with Gasteiger partial charge in [0.2, 0.25) is 15.9 Å². The highest BCUT2D eigenvalue weighted by atomic mass is 32.2. The molecular formula is C33H47N3O8S. The van der Waals surface area contributed by atoms with Crippen molar-refractivity contribution in [3.8, 4) is 5.88 Å². The Morgan fingerprint density at radius 3 is 2.38 bits per heavy atom. The van der Waals surface area contributed by atoms with E-state index in [1.807, 2.05) is 42.5 Å². The van der Waals surface area contributed by atoms with E-state index in [9.17, 15) is 18.0 Å². The van der Waals surface area contributed by atoms with Crippen molar-refractivity contribution < 1.29 is 37.0 Å². The van der Waals surface area contributed by atoms with Gasteiger partial charge in [0.1, 0.15) is 5.60 Å². The van der Waals surface area contributed by atoms with Crippen LogP contribution in [0.5, 0.6) is 5.88 Å². The van der Waals surface area contributed by atoms with Gasteiger partial charge in [-0.3, -0.25) is 4.90 Å². The number of ether oxygens (including phenoxy) is 4. The molecule has 248 valence electrons. The summed E-state index contributed by atoms with van der Waals surface area (Å²) in [5.41, 5.74) is 1.22. The van der Waals surface area contributed by atoms with Crippen LogP contribution in [-0.2, 0) is 35.6 Å². The predicted octanol–water partition coefficient (Wildman–Crippen LogP) is 4.91. The van der Waals surface area contributed by atoms with Gasteiger partial charge in [0.25, 0.3) is 0 Å². The summed E-state index contributed by atoms with van der Waals surface area (Å²) in [4.78, 5) is 31.6. The van der Waals surface area contributed by atoms with Crippen LogP contribution < -0.4 is 4.74 Å². The fourth-order valence-electron chi connectivity index (χ4n) is 6.17. The highest BCUT2D eigenvalue weighted by Crippen LogP contribution is 2.38. The average Bonchev–Trinajstić information content (AvgIpc) is 3.35. The van der Waals surface area contributed by atoms with E-state index in [1.165, 1.54) is 0 Å². The minimum absolute atomic E-state index is 0.0187. The fourth-order valence-corrected chi connectivity index (χ4v) is 7.21. The van der Waals surface area contributed by atoms with Gasteiger partial charge in [-0.2, -0.15) is 4.31 Å². The van der Waals surface area contributed by atoms with Gasteiger partial charge in [-0.25, -0.2) is 23.0 Å². The summed E-state index contributed by atoms with van der Waals surface area (Å²) in [6.45, 7) is 8.53. The molecule has 12 heteroatoms. The molecule has 2 fully saturated rings. The molecule has 1 saturated carbocycles. The number of likely N-dealkylation sites (tertiary alicyclic amines) is 1. The first-order valence-corrected chi connectivity index (χ1v) is 17.6. The van der Waals surface area contributed by atoms with E-state index in [2.05, 4.69) is 9.88 Å². The van der Waals surface area contributed by atoms with Crippen molar-refractivity contribution in [2.24, 2.45) is 0 Å². The third-order valence-corrected chi connectivity index (χ3v) is 9.27. The Bertz CT molecular complexity index is 1370. The molecule has 1 aliphatic heterocycles. The van der Waals surface area contributed by atoms with Gasteiger partial charge < -0.3 is 18.9 Å². The third-order valence-electron chi connectivity index (χ3n) is 8.14. The minimum Gasteiger partial charge on any atom is -0.465 e. The van der Waals surface area contributed by atoms with Gasteiger partial charge in [0, 0.05) is 24.8 Å². The number of aromatic nitrogens is 1. The molecule has 11 nitrogen and oxygen atoms in total. The highest BCUT2D eigenvalue weighted by molar-refractivity contribution is 7.88. The van der Waals surface area contributed by atoms with Gasteiger partial charge in [-0.15, -0.1) is 0 Å². The van der Waals surface area contributed by atoms with E-state index >= 15 is 0 Å². The van der Waals surface area contributed by atoms with E-state index in [0.29, 0.717) is 32.0 Å². The molecule has 4 rings (SSSR count). The van der Waals surface area contributed by atoms with Crippen molar-refractivity contribution in [2.45, 2.75) is 96.1 Å². The molecule has 45 heavy (non-hydrogen) atoms. The number of sulfonamides is 1. The van der Waals surface area contributed by atoms with Crippen LogP contribution in [0.4, 0.5) is 4.79 Å². The van der Waals surface area contributed by atoms with Crippen LogP contribution in [-0.4, -0.2) is 91.1 Å². The zero-order valence-electron chi connectivity index (χ0n) is 27.0. The lowest BCUT2D eigenvalue weighted by molar-refractivity contribution is -0.145. The standard InChI is InChI=1S/C33H47N3O8S/c1-6-41-30(37)23-43-31-27(13-10-19-34-31)25-14-16-26(17-15-25)42-22-29-28(18-20-35(29)21-24-11-8-7-9-12-24)36(45(5,39)40)32(38)44-33(2,3)4/h7-13,19,25-26,28-29H,6,14-18,20-23H2,1-5H3/t25-,26+,28-,29-/m0/s1. The second kappa shape index (κ2) is 15.4. The molecule has 2 atom stereocenters. The molecule has 0 N–H and O–H groups in total. The van der Waals surface area contributed by atoms with Crippen molar-refractivity contribution in [3.05, 3.63) is 59.8 Å². The summed E-state index contributed by atoms with van der Waals surface area (Å²) in [6, 6.07) is 12.9. The Balaban J connectivity index is 1.44. The Labute approximate surface area is 267 Å². The number of hydrogen-bond acceptors (Lipinski definition) is 10. The zero-order chi connectivity index (χ0) is 32.6. The van der Waals surface area contributed by atoms with Crippen molar-refractivity contribution in [1.29, 1.82) is 0 Å². The lowest BCUT2D eigenvalue weighted by Gasteiger charge is -2.36. The lowest BCUT2D eigenvalue weighted by Crippen LogP contribution is -2.53. The normalized spacial score (nSPS) is 22.5. The maximum Gasteiger partial charge on any atom is 0.424 e. The van der Waals surface area contributed by atoms with Crippen molar-refractivity contribution in [2.75, 3.05) is 32.6 Å². The quantitative estimate of drug-likeness (QED) is 0.294. The number of amides is 1. The van der Waals surface area contributed by atoms with Gasteiger partial charge >= 0.3 is 12.1 Å². The first-order chi connectivity index (χ1) is 21.4. The first-order valence-electron chi connectivity index (χ1n) is 15.7. The maximum absolute atomic E-state index is 13.2. The molecule has 1 aliphatic carbocycles. The molecule has 1 amide bonds.